The summed E-state index contributed by atoms with van der Waals surface area (Å²) in [6.45, 7) is -0.459. The summed E-state index contributed by atoms with van der Waals surface area (Å²) in [4.78, 5) is 24.3. The highest BCUT2D eigenvalue weighted by Gasteiger charge is 2.19. The van der Waals surface area contributed by atoms with Gasteiger partial charge in [-0.05, 0) is 35.4 Å². The number of aromatic nitrogens is 6. The number of nitrogens with two attached hydrogens (primary N) is 2. The Bertz CT molecular complexity index is 2050. The third-order valence-corrected chi connectivity index (χ3v) is 8.07. The number of nitrogens with one attached hydrogen (secondary N) is 3. The van der Waals surface area contributed by atoms with E-state index in [1.165, 1.54) is 41.3 Å². The Morgan fingerprint density at radius 1 is 0.653 bits per heavy atom. The van der Waals surface area contributed by atoms with Crippen LogP contribution in [-0.4, -0.2) is 111 Å². The Kier molecular flexibility index (Phi) is 11.7. The minimum Gasteiger partial charge on any atom is -0.395 e. The lowest BCUT2D eigenvalue weighted by molar-refractivity contribution is 0.280. The average Bonchev–Trinajstić information content (AvgIpc) is 3.02. The van der Waals surface area contributed by atoms with Crippen molar-refractivity contribution in [1.82, 2.24) is 29.9 Å². The Hall–Kier alpha value is -5.30. The lowest BCUT2D eigenvalue weighted by Crippen LogP contribution is -2.31. The van der Waals surface area contributed by atoms with Gasteiger partial charge in [-0.3, -0.25) is 9.11 Å². The Labute approximate surface area is 279 Å². The van der Waals surface area contributed by atoms with Crippen LogP contribution in [0, 0.1) is 0 Å². The maximum atomic E-state index is 12.4. The van der Waals surface area contributed by atoms with Gasteiger partial charge in [0.05, 0.1) is 19.8 Å². The first-order chi connectivity index (χ1) is 23.2. The highest BCUT2D eigenvalue weighted by molar-refractivity contribution is 7.86. The van der Waals surface area contributed by atoms with E-state index in [0.29, 0.717) is 0 Å². The number of aliphatic hydroxyl groups is 3. The van der Waals surface area contributed by atoms with Gasteiger partial charge in [0.25, 0.3) is 20.2 Å². The normalized spacial score (nSPS) is 11.9. The molecular weight excluding hydrogens is 688 g/mol. The van der Waals surface area contributed by atoms with Crippen LogP contribution < -0.4 is 32.3 Å². The van der Waals surface area contributed by atoms with Crippen LogP contribution in [0.15, 0.2) is 46.2 Å². The van der Waals surface area contributed by atoms with Gasteiger partial charge in [-0.2, -0.15) is 46.7 Å². The van der Waals surface area contributed by atoms with Gasteiger partial charge in [0.2, 0.25) is 35.7 Å². The summed E-state index contributed by atoms with van der Waals surface area (Å²) >= 11 is 0. The molecule has 0 aliphatic carbocycles. The summed E-state index contributed by atoms with van der Waals surface area (Å²) in [5.41, 5.74) is 11.6. The van der Waals surface area contributed by atoms with Gasteiger partial charge in [-0.15, -0.1) is 0 Å². The fraction of sp³-hybridized carbons (Fsp3) is 0.231. The topological polar surface area (TPSA) is 338 Å². The molecule has 0 unspecified atom stereocenters. The second kappa shape index (κ2) is 15.7. The van der Waals surface area contributed by atoms with Crippen molar-refractivity contribution in [1.29, 1.82) is 0 Å². The van der Waals surface area contributed by atoms with E-state index in [1.54, 1.807) is 0 Å². The molecule has 0 aliphatic rings. The predicted molar refractivity (Wildman–Crippen MR) is 178 cm³/mol. The van der Waals surface area contributed by atoms with Gasteiger partial charge >= 0.3 is 0 Å². The van der Waals surface area contributed by atoms with E-state index in [0.717, 1.165) is 12.1 Å². The maximum absolute atomic E-state index is 12.4. The molecule has 21 nitrogen and oxygen atoms in total. The van der Waals surface area contributed by atoms with Crippen molar-refractivity contribution in [2.24, 2.45) is 0 Å². The zero-order valence-corrected chi connectivity index (χ0v) is 27.0. The van der Waals surface area contributed by atoms with Crippen LogP contribution >= 0.6 is 0 Å². The van der Waals surface area contributed by atoms with Gasteiger partial charge in [-0.25, -0.2) is 0 Å². The number of benzene rings is 2. The summed E-state index contributed by atoms with van der Waals surface area (Å²) < 4.78 is 69.3. The monoisotopic (exact) mass is 720 g/mol. The van der Waals surface area contributed by atoms with E-state index < -0.39 is 30.0 Å². The Morgan fingerprint density at radius 3 is 1.59 bits per heavy atom. The first-order valence-corrected chi connectivity index (χ1v) is 16.9. The van der Waals surface area contributed by atoms with Crippen molar-refractivity contribution in [3.8, 4) is 0 Å². The summed E-state index contributed by atoms with van der Waals surface area (Å²) in [7, 11) is -9.68. The van der Waals surface area contributed by atoms with Crippen molar-refractivity contribution < 1.29 is 41.3 Å². The number of nitrogens with zero attached hydrogens (tertiary/aromatic N) is 7. The third kappa shape index (κ3) is 10.1. The smallest absolute Gasteiger partial charge is 0.295 e. The molecule has 0 bridgehead atoms. The number of hydrogen-bond donors (Lipinski definition) is 10. The molecule has 0 radical (unpaired) electrons. The number of hydrogen-bond acceptors (Lipinski definition) is 19. The molecule has 0 atom stereocenters. The fourth-order valence-electron chi connectivity index (χ4n) is 4.21. The van der Waals surface area contributed by atoms with Gasteiger partial charge in [0.1, 0.15) is 9.79 Å². The van der Waals surface area contributed by atoms with Gasteiger partial charge in [0.15, 0.2) is 0 Å². The molecule has 0 spiro atoms. The minimum absolute atomic E-state index is 0.0285. The standard InChI is InChI=1S/C26H32N12O9S2/c27-21-32-23(29-7-10-39)36-24(33-21)30-17-5-3-15(19(13-17)48(42,43)44)1-2-16-4-6-18(14-20(16)49(45,46)47)31-25-34-22(28)35-26(37-25)38(8-11-40)9-12-41/h1-6,13-14,39-41H,7-12H2,(H,42,43,44)(H,45,46,47)(H3,28,31,34,35,37)(H4,27,29,30,32,33,36)/b2-1+. The minimum atomic E-state index is -4.85. The SMILES string of the molecule is Nc1nc(NCCO)nc(Nc2ccc(/C=C/c3ccc(Nc4nc(N)nc(N(CCO)CCO)n4)cc3S(=O)(=O)O)c(S(=O)(=O)O)c2)n1. The van der Waals surface area contributed by atoms with Crippen LogP contribution in [0.2, 0.25) is 0 Å². The van der Waals surface area contributed by atoms with Crippen LogP contribution in [0.3, 0.4) is 0 Å². The van der Waals surface area contributed by atoms with Crippen molar-refractivity contribution in [3.05, 3.63) is 47.5 Å². The van der Waals surface area contributed by atoms with Crippen molar-refractivity contribution in [2.75, 3.05) is 71.8 Å². The molecule has 4 aromatic rings. The molecule has 4 rings (SSSR count). The van der Waals surface area contributed by atoms with Crippen LogP contribution in [-0.2, 0) is 20.2 Å². The summed E-state index contributed by atoms with van der Waals surface area (Å²) in [6, 6.07) is 7.57. The summed E-state index contributed by atoms with van der Waals surface area (Å²) in [6.07, 6.45) is 2.41. The zero-order valence-electron chi connectivity index (χ0n) is 25.3. The quantitative estimate of drug-likeness (QED) is 0.0518. The number of rotatable bonds is 16. The molecule has 2 aromatic heterocycles. The highest BCUT2D eigenvalue weighted by Crippen LogP contribution is 2.28. The second-order valence-electron chi connectivity index (χ2n) is 9.78. The molecule has 262 valence electrons. The Morgan fingerprint density at radius 2 is 1.12 bits per heavy atom. The van der Waals surface area contributed by atoms with E-state index in [-0.39, 0.29) is 97.6 Å². The lowest BCUT2D eigenvalue weighted by Gasteiger charge is -2.21. The van der Waals surface area contributed by atoms with Crippen molar-refractivity contribution in [3.63, 3.8) is 0 Å². The van der Waals surface area contributed by atoms with Gasteiger partial charge < -0.3 is 47.6 Å². The average molecular weight is 721 g/mol. The molecule has 2 aromatic carbocycles. The number of aliphatic hydroxyl groups excluding tert-OH is 3. The van der Waals surface area contributed by atoms with Gasteiger partial charge in [0, 0.05) is 31.0 Å². The van der Waals surface area contributed by atoms with E-state index in [2.05, 4.69) is 45.9 Å². The molecule has 0 saturated carbocycles. The van der Waals surface area contributed by atoms with E-state index in [9.17, 15) is 36.2 Å². The molecule has 0 fully saturated rings. The Balaban J connectivity index is 1.64. The molecule has 49 heavy (non-hydrogen) atoms. The molecule has 0 aliphatic heterocycles. The van der Waals surface area contributed by atoms with Crippen LogP contribution in [0.4, 0.5) is 47.1 Å². The molecule has 2 heterocycles. The van der Waals surface area contributed by atoms with Crippen molar-refractivity contribution in [2.45, 2.75) is 9.79 Å². The van der Waals surface area contributed by atoms with E-state index in [4.69, 9.17) is 16.6 Å². The van der Waals surface area contributed by atoms with E-state index >= 15 is 0 Å². The number of anilines is 8. The number of nitrogen functional groups attached to an aromatic ring is 2. The first-order valence-electron chi connectivity index (χ1n) is 14.0. The zero-order chi connectivity index (χ0) is 35.8. The molecular formula is C26H32N12O9S2. The molecule has 0 saturated heterocycles. The molecule has 12 N–H and O–H groups in total. The van der Waals surface area contributed by atoms with E-state index in [1.807, 2.05) is 0 Å². The largest absolute Gasteiger partial charge is 0.395 e. The fourth-order valence-corrected chi connectivity index (χ4v) is 5.63. The molecule has 23 heteroatoms. The summed E-state index contributed by atoms with van der Waals surface area (Å²) in [5, 5.41) is 35.8. The van der Waals surface area contributed by atoms with Crippen LogP contribution in [0.5, 0.6) is 0 Å². The first kappa shape index (κ1) is 36.5. The van der Waals surface area contributed by atoms with Crippen molar-refractivity contribution >= 4 is 79.5 Å². The maximum Gasteiger partial charge on any atom is 0.295 e. The molecule has 0 amide bonds. The van der Waals surface area contributed by atoms with Crippen LogP contribution in [0.1, 0.15) is 11.1 Å². The third-order valence-electron chi connectivity index (χ3n) is 6.25. The highest BCUT2D eigenvalue weighted by atomic mass is 32.2. The summed E-state index contributed by atoms with van der Waals surface area (Å²) in [5.74, 6) is -0.505. The predicted octanol–water partition coefficient (Wildman–Crippen LogP) is -0.433. The lowest BCUT2D eigenvalue weighted by atomic mass is 10.1. The van der Waals surface area contributed by atoms with Crippen LogP contribution in [0.25, 0.3) is 12.2 Å². The second-order valence-corrected chi connectivity index (χ2v) is 12.6. The van der Waals surface area contributed by atoms with Gasteiger partial charge in [-0.1, -0.05) is 24.3 Å².